The number of halogens is 1. The molecule has 124 valence electrons. The number of nitrogens with zero attached hydrogens (tertiary/aromatic N) is 1. The van der Waals surface area contributed by atoms with Crippen LogP contribution in [0.4, 0.5) is 4.39 Å². The van der Waals surface area contributed by atoms with Gasteiger partial charge in [-0.05, 0) is 36.8 Å². The standard InChI is InChI=1S/C17H14FNO3S2/c1-11-10-23-17(21)19(11)8-9-22-16(20)15-7-6-14(24-15)12-2-4-13(18)5-3-12/h2-7,10H,8-9H2,1H3. The maximum atomic E-state index is 13.0. The molecule has 0 radical (unpaired) electrons. The van der Waals surface area contributed by atoms with Gasteiger partial charge in [0, 0.05) is 16.0 Å². The fraction of sp³-hybridized carbons (Fsp3) is 0.176. The quantitative estimate of drug-likeness (QED) is 0.645. The Kier molecular flexibility index (Phi) is 4.92. The zero-order valence-corrected chi connectivity index (χ0v) is 14.5. The van der Waals surface area contributed by atoms with Crippen molar-refractivity contribution in [2.75, 3.05) is 6.61 Å². The molecule has 2 heterocycles. The van der Waals surface area contributed by atoms with E-state index in [4.69, 9.17) is 4.74 Å². The highest BCUT2D eigenvalue weighted by atomic mass is 32.1. The van der Waals surface area contributed by atoms with Gasteiger partial charge >= 0.3 is 10.8 Å². The van der Waals surface area contributed by atoms with Crippen molar-refractivity contribution in [3.05, 3.63) is 67.8 Å². The van der Waals surface area contributed by atoms with E-state index in [2.05, 4.69) is 0 Å². The number of rotatable bonds is 5. The molecular weight excluding hydrogens is 349 g/mol. The number of aromatic nitrogens is 1. The summed E-state index contributed by atoms with van der Waals surface area (Å²) in [5.41, 5.74) is 1.71. The van der Waals surface area contributed by atoms with Crippen LogP contribution in [-0.4, -0.2) is 17.1 Å². The van der Waals surface area contributed by atoms with E-state index >= 15 is 0 Å². The summed E-state index contributed by atoms with van der Waals surface area (Å²) in [5, 5.41) is 1.78. The Morgan fingerprint density at radius 1 is 1.21 bits per heavy atom. The van der Waals surface area contributed by atoms with Gasteiger partial charge in [-0.25, -0.2) is 9.18 Å². The fourth-order valence-electron chi connectivity index (χ4n) is 2.19. The topological polar surface area (TPSA) is 48.3 Å². The highest BCUT2D eigenvalue weighted by molar-refractivity contribution is 7.17. The molecule has 2 aromatic heterocycles. The first-order valence-corrected chi connectivity index (χ1v) is 8.92. The zero-order valence-electron chi connectivity index (χ0n) is 12.8. The summed E-state index contributed by atoms with van der Waals surface area (Å²) in [6.07, 6.45) is 0. The van der Waals surface area contributed by atoms with Crippen molar-refractivity contribution in [1.29, 1.82) is 0 Å². The van der Waals surface area contributed by atoms with Gasteiger partial charge in [0.2, 0.25) is 0 Å². The van der Waals surface area contributed by atoms with Crippen LogP contribution in [0.3, 0.4) is 0 Å². The molecule has 0 saturated carbocycles. The molecule has 3 rings (SSSR count). The van der Waals surface area contributed by atoms with Gasteiger partial charge in [0.05, 0.1) is 6.54 Å². The number of carbonyl (C=O) groups is 1. The molecule has 7 heteroatoms. The molecule has 4 nitrogen and oxygen atoms in total. The minimum absolute atomic E-state index is 0.0572. The average molecular weight is 363 g/mol. The number of benzene rings is 1. The lowest BCUT2D eigenvalue weighted by molar-refractivity contribution is 0.0496. The molecule has 0 atom stereocenters. The zero-order chi connectivity index (χ0) is 17.1. The molecule has 0 saturated heterocycles. The van der Waals surface area contributed by atoms with Crippen molar-refractivity contribution in [3.8, 4) is 10.4 Å². The van der Waals surface area contributed by atoms with Gasteiger partial charge in [0.1, 0.15) is 17.3 Å². The lowest BCUT2D eigenvalue weighted by Crippen LogP contribution is -2.19. The van der Waals surface area contributed by atoms with Crippen LogP contribution in [0.5, 0.6) is 0 Å². The smallest absolute Gasteiger partial charge is 0.348 e. The van der Waals surface area contributed by atoms with Crippen LogP contribution in [0.25, 0.3) is 10.4 Å². The van der Waals surface area contributed by atoms with Gasteiger partial charge in [-0.1, -0.05) is 23.5 Å². The van der Waals surface area contributed by atoms with Crippen LogP contribution in [0, 0.1) is 12.7 Å². The second kappa shape index (κ2) is 7.11. The Morgan fingerprint density at radius 2 is 1.96 bits per heavy atom. The summed E-state index contributed by atoms with van der Waals surface area (Å²) >= 11 is 2.42. The van der Waals surface area contributed by atoms with Crippen LogP contribution in [-0.2, 0) is 11.3 Å². The largest absolute Gasteiger partial charge is 0.460 e. The number of carbonyl (C=O) groups excluding carboxylic acids is 1. The van der Waals surface area contributed by atoms with Gasteiger partial charge in [0.25, 0.3) is 0 Å². The van der Waals surface area contributed by atoms with Crippen molar-refractivity contribution in [2.24, 2.45) is 0 Å². The van der Waals surface area contributed by atoms with Gasteiger partial charge in [-0.2, -0.15) is 0 Å². The Morgan fingerprint density at radius 3 is 2.62 bits per heavy atom. The number of hydrogen-bond donors (Lipinski definition) is 0. The molecule has 0 N–H and O–H groups in total. The molecule has 1 aromatic carbocycles. The predicted molar refractivity (Wildman–Crippen MR) is 93.3 cm³/mol. The molecule has 0 fully saturated rings. The van der Waals surface area contributed by atoms with E-state index < -0.39 is 5.97 Å². The lowest BCUT2D eigenvalue weighted by atomic mass is 10.2. The molecule has 0 unspecified atom stereocenters. The number of aryl methyl sites for hydroxylation is 1. The van der Waals surface area contributed by atoms with Crippen molar-refractivity contribution in [2.45, 2.75) is 13.5 Å². The number of ether oxygens (including phenoxy) is 1. The minimum Gasteiger partial charge on any atom is -0.460 e. The van der Waals surface area contributed by atoms with E-state index in [-0.39, 0.29) is 17.3 Å². The highest BCUT2D eigenvalue weighted by Crippen LogP contribution is 2.28. The van der Waals surface area contributed by atoms with Crippen LogP contribution in [0.1, 0.15) is 15.4 Å². The second-order valence-corrected chi connectivity index (χ2v) is 7.01. The molecule has 0 bridgehead atoms. The Hall–Kier alpha value is -2.25. The summed E-state index contributed by atoms with van der Waals surface area (Å²) in [5.74, 6) is -0.719. The monoisotopic (exact) mass is 363 g/mol. The van der Waals surface area contributed by atoms with Crippen molar-refractivity contribution in [3.63, 3.8) is 0 Å². The number of thiophene rings is 1. The minimum atomic E-state index is -0.422. The number of esters is 1. The number of thiazole rings is 1. The van der Waals surface area contributed by atoms with E-state index in [1.165, 1.54) is 23.5 Å². The maximum Gasteiger partial charge on any atom is 0.348 e. The molecule has 3 aromatic rings. The van der Waals surface area contributed by atoms with Gasteiger partial charge in [-0.3, -0.25) is 9.36 Å². The molecule has 24 heavy (non-hydrogen) atoms. The molecule has 0 spiro atoms. The highest BCUT2D eigenvalue weighted by Gasteiger charge is 2.12. The summed E-state index contributed by atoms with van der Waals surface area (Å²) < 4.78 is 19.8. The SMILES string of the molecule is Cc1csc(=O)n1CCOC(=O)c1ccc(-c2ccc(F)cc2)s1. The summed E-state index contributed by atoms with van der Waals surface area (Å²) in [7, 11) is 0. The first kappa shape index (κ1) is 16.6. The third kappa shape index (κ3) is 3.63. The van der Waals surface area contributed by atoms with Crippen molar-refractivity contribution >= 4 is 28.6 Å². The Labute approximate surface area is 145 Å². The molecule has 0 amide bonds. The van der Waals surface area contributed by atoms with Crippen LogP contribution in [0.15, 0.2) is 46.6 Å². The van der Waals surface area contributed by atoms with Gasteiger partial charge in [0.15, 0.2) is 0 Å². The molecule has 0 aliphatic carbocycles. The summed E-state index contributed by atoms with van der Waals surface area (Å²) in [4.78, 5) is 25.0. The van der Waals surface area contributed by atoms with E-state index in [9.17, 15) is 14.0 Å². The third-order valence-electron chi connectivity index (χ3n) is 3.46. The predicted octanol–water partition coefficient (Wildman–Crippen LogP) is 3.94. The molecular formula is C17H14FNO3S2. The van der Waals surface area contributed by atoms with E-state index in [0.717, 1.165) is 27.5 Å². The van der Waals surface area contributed by atoms with Crippen molar-refractivity contribution in [1.82, 2.24) is 4.57 Å². The van der Waals surface area contributed by atoms with Gasteiger partial charge < -0.3 is 4.74 Å². The maximum absolute atomic E-state index is 13.0. The Balaban J connectivity index is 1.62. The molecule has 0 aliphatic heterocycles. The molecule has 0 aliphatic rings. The fourth-order valence-corrected chi connectivity index (χ4v) is 3.86. The van der Waals surface area contributed by atoms with Crippen LogP contribution >= 0.6 is 22.7 Å². The van der Waals surface area contributed by atoms with Crippen LogP contribution in [0.2, 0.25) is 0 Å². The summed E-state index contributed by atoms with van der Waals surface area (Å²) in [6, 6.07) is 9.60. The van der Waals surface area contributed by atoms with E-state index in [1.54, 1.807) is 28.1 Å². The van der Waals surface area contributed by atoms with E-state index in [0.29, 0.717) is 11.4 Å². The Bertz CT molecular complexity index is 909. The lowest BCUT2D eigenvalue weighted by Gasteiger charge is -2.05. The van der Waals surface area contributed by atoms with Crippen molar-refractivity contribution < 1.29 is 13.9 Å². The van der Waals surface area contributed by atoms with E-state index in [1.807, 2.05) is 13.0 Å². The number of hydrogen-bond acceptors (Lipinski definition) is 5. The normalized spacial score (nSPS) is 10.8. The first-order chi connectivity index (χ1) is 11.5. The third-order valence-corrected chi connectivity index (χ3v) is 5.46. The van der Waals surface area contributed by atoms with Crippen LogP contribution < -0.4 is 4.87 Å². The summed E-state index contributed by atoms with van der Waals surface area (Å²) in [6.45, 7) is 2.32. The average Bonchev–Trinajstić information content (AvgIpc) is 3.17. The second-order valence-electron chi connectivity index (χ2n) is 5.10. The van der Waals surface area contributed by atoms with Gasteiger partial charge in [-0.15, -0.1) is 11.3 Å². The first-order valence-electron chi connectivity index (χ1n) is 7.22.